The Labute approximate surface area is 102 Å². The van der Waals surface area contributed by atoms with Crippen molar-refractivity contribution in [3.8, 4) is 0 Å². The van der Waals surface area contributed by atoms with Crippen LogP contribution in [0.3, 0.4) is 0 Å². The molecule has 17 heavy (non-hydrogen) atoms. The first-order valence-corrected chi connectivity index (χ1v) is 6.51. The minimum atomic E-state index is -0.0427. The molecular weight excluding hydrogens is 218 g/mol. The van der Waals surface area contributed by atoms with Gasteiger partial charge in [0.15, 0.2) is 0 Å². The van der Waals surface area contributed by atoms with E-state index in [1.54, 1.807) is 4.90 Å². The van der Waals surface area contributed by atoms with E-state index >= 15 is 0 Å². The summed E-state index contributed by atoms with van der Waals surface area (Å²) in [5, 5.41) is 6.17. The van der Waals surface area contributed by atoms with Crippen molar-refractivity contribution in [3.05, 3.63) is 0 Å². The molecule has 0 aliphatic carbocycles. The lowest BCUT2D eigenvalue weighted by molar-refractivity contribution is -0.135. The van der Waals surface area contributed by atoms with Gasteiger partial charge in [0.1, 0.15) is 0 Å². The van der Waals surface area contributed by atoms with Crippen LogP contribution in [-0.4, -0.2) is 48.9 Å². The van der Waals surface area contributed by atoms with Crippen LogP contribution in [0.2, 0.25) is 0 Å². The predicted molar refractivity (Wildman–Crippen MR) is 64.4 cm³/mol. The molecule has 2 fully saturated rings. The first-order valence-electron chi connectivity index (χ1n) is 6.51. The minimum absolute atomic E-state index is 0.0427. The number of hydrogen-bond donors (Lipinski definition) is 2. The topological polar surface area (TPSA) is 61.4 Å². The number of nitrogens with zero attached hydrogens (tertiary/aromatic N) is 1. The Kier molecular flexibility index (Phi) is 3.99. The van der Waals surface area contributed by atoms with Gasteiger partial charge >= 0.3 is 0 Å². The smallest absolute Gasteiger partial charge is 0.239 e. The third-order valence-corrected chi connectivity index (χ3v) is 3.54. The highest BCUT2D eigenvalue weighted by Crippen LogP contribution is 2.25. The average molecular weight is 239 g/mol. The van der Waals surface area contributed by atoms with Crippen LogP contribution in [0.25, 0.3) is 0 Å². The molecule has 2 atom stereocenters. The normalized spacial score (nSPS) is 28.1. The van der Waals surface area contributed by atoms with Gasteiger partial charge in [0.05, 0.1) is 12.5 Å². The molecule has 2 rings (SSSR count). The van der Waals surface area contributed by atoms with E-state index in [2.05, 4.69) is 10.6 Å². The van der Waals surface area contributed by atoms with Crippen molar-refractivity contribution in [1.29, 1.82) is 0 Å². The predicted octanol–water partition coefficient (Wildman–Crippen LogP) is -0.277. The number of likely N-dealkylation sites (tertiary alicyclic amines) is 1. The van der Waals surface area contributed by atoms with Crippen LogP contribution in [0.15, 0.2) is 0 Å². The van der Waals surface area contributed by atoms with Gasteiger partial charge in [-0.05, 0) is 25.8 Å². The molecule has 2 heterocycles. The maximum absolute atomic E-state index is 12.1. The molecule has 96 valence electrons. The highest BCUT2D eigenvalue weighted by molar-refractivity contribution is 5.88. The number of amides is 2. The Bertz CT molecular complexity index is 306. The van der Waals surface area contributed by atoms with Crippen molar-refractivity contribution >= 4 is 11.8 Å². The largest absolute Gasteiger partial charge is 0.355 e. The third-order valence-electron chi connectivity index (χ3n) is 3.54. The van der Waals surface area contributed by atoms with Gasteiger partial charge in [-0.3, -0.25) is 9.59 Å². The van der Waals surface area contributed by atoms with Gasteiger partial charge in [0.2, 0.25) is 11.8 Å². The van der Waals surface area contributed by atoms with Crippen LogP contribution in [-0.2, 0) is 9.59 Å². The summed E-state index contributed by atoms with van der Waals surface area (Å²) in [4.78, 5) is 25.3. The van der Waals surface area contributed by atoms with E-state index in [4.69, 9.17) is 0 Å². The van der Waals surface area contributed by atoms with Crippen LogP contribution in [0.4, 0.5) is 0 Å². The average Bonchev–Trinajstić information content (AvgIpc) is 2.64. The second kappa shape index (κ2) is 5.49. The van der Waals surface area contributed by atoms with Gasteiger partial charge in [-0.1, -0.05) is 6.92 Å². The Morgan fingerprint density at radius 3 is 3.12 bits per heavy atom. The Balaban J connectivity index is 1.85. The SMILES string of the molecule is CCCNC(=O)CN1CC2NCCCC2C1=O. The molecule has 2 aliphatic rings. The summed E-state index contributed by atoms with van der Waals surface area (Å²) >= 11 is 0. The van der Waals surface area contributed by atoms with Gasteiger partial charge in [0.25, 0.3) is 0 Å². The number of rotatable bonds is 4. The fourth-order valence-corrected chi connectivity index (χ4v) is 2.64. The molecule has 2 saturated heterocycles. The summed E-state index contributed by atoms with van der Waals surface area (Å²) in [5.41, 5.74) is 0. The summed E-state index contributed by atoms with van der Waals surface area (Å²) in [7, 11) is 0. The third kappa shape index (κ3) is 2.77. The maximum Gasteiger partial charge on any atom is 0.239 e. The highest BCUT2D eigenvalue weighted by atomic mass is 16.2. The van der Waals surface area contributed by atoms with Crippen LogP contribution < -0.4 is 10.6 Å². The van der Waals surface area contributed by atoms with E-state index in [1.807, 2.05) is 6.92 Å². The van der Waals surface area contributed by atoms with Crippen molar-refractivity contribution in [1.82, 2.24) is 15.5 Å². The Morgan fingerprint density at radius 1 is 1.59 bits per heavy atom. The standard InChI is InChI=1S/C12H21N3O2/c1-2-5-14-11(16)8-15-7-10-9(12(15)17)4-3-6-13-10/h9-10,13H,2-8H2,1H3,(H,14,16). The van der Waals surface area contributed by atoms with Crippen molar-refractivity contribution in [2.45, 2.75) is 32.2 Å². The summed E-state index contributed by atoms with van der Waals surface area (Å²) in [6.45, 7) is 4.59. The van der Waals surface area contributed by atoms with Crippen molar-refractivity contribution < 1.29 is 9.59 Å². The molecule has 5 nitrogen and oxygen atoms in total. The lowest BCUT2D eigenvalue weighted by Crippen LogP contribution is -2.41. The van der Waals surface area contributed by atoms with Gasteiger partial charge < -0.3 is 15.5 Å². The molecule has 5 heteroatoms. The number of fused-ring (bicyclic) bond motifs is 1. The molecule has 0 aromatic heterocycles. The number of hydrogen-bond acceptors (Lipinski definition) is 3. The number of nitrogens with one attached hydrogen (secondary N) is 2. The molecule has 0 aromatic carbocycles. The summed E-state index contributed by atoms with van der Waals surface area (Å²) < 4.78 is 0. The molecule has 0 bridgehead atoms. The molecule has 0 saturated carbocycles. The molecule has 2 amide bonds. The molecule has 2 unspecified atom stereocenters. The zero-order valence-electron chi connectivity index (χ0n) is 10.4. The first-order chi connectivity index (χ1) is 8.22. The fourth-order valence-electron chi connectivity index (χ4n) is 2.64. The van der Waals surface area contributed by atoms with E-state index in [-0.39, 0.29) is 30.3 Å². The molecule has 0 radical (unpaired) electrons. The highest BCUT2D eigenvalue weighted by Gasteiger charge is 2.41. The Hall–Kier alpha value is -1.10. The van der Waals surface area contributed by atoms with Crippen LogP contribution in [0, 0.1) is 5.92 Å². The van der Waals surface area contributed by atoms with Crippen LogP contribution >= 0.6 is 0 Å². The number of piperidine rings is 1. The number of carbonyl (C=O) groups is 2. The van der Waals surface area contributed by atoms with E-state index in [1.165, 1.54) is 0 Å². The van der Waals surface area contributed by atoms with E-state index in [0.717, 1.165) is 25.8 Å². The van der Waals surface area contributed by atoms with Crippen LogP contribution in [0.5, 0.6) is 0 Å². The molecule has 0 spiro atoms. The first kappa shape index (κ1) is 12.4. The van der Waals surface area contributed by atoms with Gasteiger partial charge in [-0.25, -0.2) is 0 Å². The van der Waals surface area contributed by atoms with Crippen molar-refractivity contribution in [3.63, 3.8) is 0 Å². The van der Waals surface area contributed by atoms with E-state index in [0.29, 0.717) is 13.1 Å². The minimum Gasteiger partial charge on any atom is -0.355 e. The van der Waals surface area contributed by atoms with E-state index < -0.39 is 0 Å². The van der Waals surface area contributed by atoms with E-state index in [9.17, 15) is 9.59 Å². The Morgan fingerprint density at radius 2 is 2.41 bits per heavy atom. The summed E-state index contributed by atoms with van der Waals surface area (Å²) in [5.74, 6) is 0.204. The van der Waals surface area contributed by atoms with Crippen LogP contribution in [0.1, 0.15) is 26.2 Å². The van der Waals surface area contributed by atoms with Gasteiger partial charge in [0, 0.05) is 19.1 Å². The zero-order valence-corrected chi connectivity index (χ0v) is 10.4. The summed E-state index contributed by atoms with van der Waals surface area (Å²) in [6.07, 6.45) is 2.94. The van der Waals surface area contributed by atoms with Gasteiger partial charge in [-0.15, -0.1) is 0 Å². The second-order valence-electron chi connectivity index (χ2n) is 4.88. The quantitative estimate of drug-likeness (QED) is 0.709. The zero-order chi connectivity index (χ0) is 12.3. The van der Waals surface area contributed by atoms with Crippen molar-refractivity contribution in [2.75, 3.05) is 26.2 Å². The van der Waals surface area contributed by atoms with Gasteiger partial charge in [-0.2, -0.15) is 0 Å². The number of carbonyl (C=O) groups excluding carboxylic acids is 2. The lowest BCUT2D eigenvalue weighted by Gasteiger charge is -2.23. The lowest BCUT2D eigenvalue weighted by atomic mass is 9.94. The molecule has 2 N–H and O–H groups in total. The maximum atomic E-state index is 12.1. The van der Waals surface area contributed by atoms with Crippen molar-refractivity contribution in [2.24, 2.45) is 5.92 Å². The fraction of sp³-hybridized carbons (Fsp3) is 0.833. The molecule has 2 aliphatic heterocycles. The summed E-state index contributed by atoms with van der Waals surface area (Å²) in [6, 6.07) is 0.259. The monoisotopic (exact) mass is 239 g/mol. The molecular formula is C12H21N3O2. The molecule has 0 aromatic rings. The second-order valence-corrected chi connectivity index (χ2v) is 4.88.